The fourth-order valence-electron chi connectivity index (χ4n) is 1.30. The van der Waals surface area contributed by atoms with Gasteiger partial charge in [-0.25, -0.2) is 4.39 Å². The summed E-state index contributed by atoms with van der Waals surface area (Å²) in [6, 6.07) is 3.19. The van der Waals surface area contributed by atoms with E-state index in [9.17, 15) is 14.0 Å². The highest BCUT2D eigenvalue weighted by molar-refractivity contribution is 9.10. The second-order valence-electron chi connectivity index (χ2n) is 3.10. The van der Waals surface area contributed by atoms with Crippen molar-refractivity contribution < 1.29 is 19.1 Å². The summed E-state index contributed by atoms with van der Waals surface area (Å²) >= 11 is 3.12. The van der Waals surface area contributed by atoms with E-state index in [4.69, 9.17) is 5.11 Å². The molecular weight excluding hydrogens is 281 g/mol. The van der Waals surface area contributed by atoms with E-state index in [1.165, 1.54) is 18.2 Å². The van der Waals surface area contributed by atoms with Crippen molar-refractivity contribution in [2.24, 2.45) is 0 Å². The second-order valence-corrected chi connectivity index (χ2v) is 3.96. The molecule has 0 aliphatic heterocycles. The van der Waals surface area contributed by atoms with E-state index in [1.807, 2.05) is 0 Å². The molecule has 0 aliphatic rings. The van der Waals surface area contributed by atoms with Gasteiger partial charge in [0.1, 0.15) is 5.82 Å². The van der Waals surface area contributed by atoms with Gasteiger partial charge < -0.3 is 10.4 Å². The maximum Gasteiger partial charge on any atom is 0.305 e. The van der Waals surface area contributed by atoms with Crippen LogP contribution in [0.1, 0.15) is 18.0 Å². The Kier molecular flexibility index (Phi) is 4.42. The fraction of sp³-hybridized carbons (Fsp3) is 0.200. The van der Waals surface area contributed by atoms with Crippen LogP contribution in [0.2, 0.25) is 0 Å². The molecule has 0 fully saturated rings. The van der Waals surface area contributed by atoms with Crippen molar-refractivity contribution in [3.8, 4) is 0 Å². The molecule has 1 aromatic carbocycles. The molecule has 0 saturated heterocycles. The van der Waals surface area contributed by atoms with Crippen molar-refractivity contribution in [2.45, 2.75) is 12.5 Å². The summed E-state index contributed by atoms with van der Waals surface area (Å²) in [5.41, 5.74) is 0.524. The molecule has 0 saturated carbocycles. The number of halogens is 2. The minimum atomic E-state index is -1.05. The third-order valence-electron chi connectivity index (χ3n) is 1.99. The number of carboxylic acid groups (broad SMARTS) is 1. The van der Waals surface area contributed by atoms with E-state index < -0.39 is 17.8 Å². The predicted octanol–water partition coefficient (Wildman–Crippen LogP) is 1.85. The Morgan fingerprint density at radius 1 is 1.62 bits per heavy atom. The van der Waals surface area contributed by atoms with Crippen LogP contribution in [0.4, 0.5) is 4.39 Å². The van der Waals surface area contributed by atoms with Gasteiger partial charge in [0.15, 0.2) is 0 Å². The highest BCUT2D eigenvalue weighted by Crippen LogP contribution is 2.26. The smallest absolute Gasteiger partial charge is 0.305 e. The van der Waals surface area contributed by atoms with Gasteiger partial charge in [-0.05, 0) is 17.7 Å². The Morgan fingerprint density at radius 2 is 2.31 bits per heavy atom. The zero-order chi connectivity index (χ0) is 12.1. The molecule has 0 aliphatic carbocycles. The molecule has 0 aromatic heterocycles. The molecule has 86 valence electrons. The number of hydrogen-bond acceptors (Lipinski definition) is 2. The fourth-order valence-corrected chi connectivity index (χ4v) is 1.93. The number of hydrogen-bond donors (Lipinski definition) is 2. The Balaban J connectivity index is 3.00. The van der Waals surface area contributed by atoms with Crippen LogP contribution in [0, 0.1) is 5.82 Å². The van der Waals surface area contributed by atoms with Crippen molar-refractivity contribution >= 4 is 28.3 Å². The summed E-state index contributed by atoms with van der Waals surface area (Å²) in [6.07, 6.45) is 0.159. The lowest BCUT2D eigenvalue weighted by atomic mass is 10.0. The molecule has 1 rings (SSSR count). The van der Waals surface area contributed by atoms with Crippen molar-refractivity contribution in [3.63, 3.8) is 0 Å². The SMILES string of the molecule is O=CN[C@@H](CC(=O)O)c1ccc(F)cc1Br. The number of amides is 1. The van der Waals surface area contributed by atoms with Crippen LogP contribution in [0.25, 0.3) is 0 Å². The first-order chi connectivity index (χ1) is 7.54. The molecule has 1 aromatic rings. The van der Waals surface area contributed by atoms with Crippen LogP contribution in [-0.4, -0.2) is 17.5 Å². The number of benzene rings is 1. The van der Waals surface area contributed by atoms with Crippen molar-refractivity contribution in [1.82, 2.24) is 5.32 Å². The number of aliphatic carboxylic acids is 1. The van der Waals surface area contributed by atoms with Crippen LogP contribution in [0.5, 0.6) is 0 Å². The molecule has 1 amide bonds. The van der Waals surface area contributed by atoms with Gasteiger partial charge in [-0.15, -0.1) is 0 Å². The van der Waals surface area contributed by atoms with Gasteiger partial charge in [0.05, 0.1) is 12.5 Å². The molecule has 0 heterocycles. The zero-order valence-electron chi connectivity index (χ0n) is 8.11. The average molecular weight is 290 g/mol. The molecule has 1 atom stereocenters. The average Bonchev–Trinajstić information content (AvgIpc) is 2.16. The van der Waals surface area contributed by atoms with E-state index >= 15 is 0 Å². The quantitative estimate of drug-likeness (QED) is 0.813. The van der Waals surface area contributed by atoms with Gasteiger partial charge in [-0.3, -0.25) is 9.59 Å². The van der Waals surface area contributed by atoms with E-state index in [1.54, 1.807) is 0 Å². The largest absolute Gasteiger partial charge is 0.481 e. The number of carbonyl (C=O) groups is 2. The zero-order valence-corrected chi connectivity index (χ0v) is 9.70. The summed E-state index contributed by atoms with van der Waals surface area (Å²) < 4.78 is 13.2. The van der Waals surface area contributed by atoms with Gasteiger partial charge in [0.25, 0.3) is 0 Å². The van der Waals surface area contributed by atoms with E-state index in [0.29, 0.717) is 16.4 Å². The topological polar surface area (TPSA) is 66.4 Å². The molecule has 6 heteroatoms. The van der Waals surface area contributed by atoms with E-state index in [-0.39, 0.29) is 6.42 Å². The first kappa shape index (κ1) is 12.6. The molecule has 0 spiro atoms. The first-order valence-corrected chi connectivity index (χ1v) is 5.20. The summed E-state index contributed by atoms with van der Waals surface area (Å²) in [6.45, 7) is 0. The lowest BCUT2D eigenvalue weighted by Crippen LogP contribution is -2.22. The van der Waals surface area contributed by atoms with Crippen molar-refractivity contribution in [1.29, 1.82) is 0 Å². The van der Waals surface area contributed by atoms with Crippen LogP contribution >= 0.6 is 15.9 Å². The highest BCUT2D eigenvalue weighted by Gasteiger charge is 2.17. The summed E-state index contributed by atoms with van der Waals surface area (Å²) in [5, 5.41) is 11.0. The molecular formula is C10H9BrFNO3. The molecule has 0 bridgehead atoms. The Morgan fingerprint density at radius 3 is 2.81 bits per heavy atom. The Hall–Kier alpha value is -1.43. The molecule has 16 heavy (non-hydrogen) atoms. The summed E-state index contributed by atoms with van der Waals surface area (Å²) in [5.74, 6) is -1.48. The predicted molar refractivity (Wildman–Crippen MR) is 58.3 cm³/mol. The minimum absolute atomic E-state index is 0.261. The maximum absolute atomic E-state index is 12.8. The maximum atomic E-state index is 12.8. The first-order valence-electron chi connectivity index (χ1n) is 4.41. The van der Waals surface area contributed by atoms with Crippen LogP contribution in [-0.2, 0) is 9.59 Å². The Bertz CT molecular complexity index is 411. The molecule has 0 unspecified atom stereocenters. The van der Waals surface area contributed by atoms with Gasteiger partial charge in [0, 0.05) is 4.47 Å². The monoisotopic (exact) mass is 289 g/mol. The lowest BCUT2D eigenvalue weighted by molar-refractivity contribution is -0.137. The van der Waals surface area contributed by atoms with Crippen LogP contribution in [0.3, 0.4) is 0 Å². The number of nitrogens with one attached hydrogen (secondary N) is 1. The normalized spacial score (nSPS) is 11.9. The third-order valence-corrected chi connectivity index (χ3v) is 2.67. The minimum Gasteiger partial charge on any atom is -0.481 e. The van der Waals surface area contributed by atoms with E-state index in [0.717, 1.165) is 0 Å². The van der Waals surface area contributed by atoms with Gasteiger partial charge in [0.2, 0.25) is 6.41 Å². The van der Waals surface area contributed by atoms with Crippen molar-refractivity contribution in [2.75, 3.05) is 0 Å². The van der Waals surface area contributed by atoms with Gasteiger partial charge in [-0.1, -0.05) is 22.0 Å². The van der Waals surface area contributed by atoms with Crippen molar-refractivity contribution in [3.05, 3.63) is 34.1 Å². The second kappa shape index (κ2) is 5.60. The molecule has 4 nitrogen and oxygen atoms in total. The molecule has 0 radical (unpaired) electrons. The Labute approximate surface area is 99.6 Å². The number of rotatable bonds is 5. The van der Waals surface area contributed by atoms with Gasteiger partial charge in [-0.2, -0.15) is 0 Å². The number of carbonyl (C=O) groups excluding carboxylic acids is 1. The van der Waals surface area contributed by atoms with Crippen LogP contribution < -0.4 is 5.32 Å². The summed E-state index contributed by atoms with van der Waals surface area (Å²) in [4.78, 5) is 20.9. The summed E-state index contributed by atoms with van der Waals surface area (Å²) in [7, 11) is 0. The van der Waals surface area contributed by atoms with Crippen LogP contribution in [0.15, 0.2) is 22.7 Å². The highest BCUT2D eigenvalue weighted by atomic mass is 79.9. The third kappa shape index (κ3) is 3.30. The standard InChI is InChI=1S/C10H9BrFNO3/c11-8-3-6(12)1-2-7(8)9(13-5-14)4-10(15)16/h1-3,5,9H,4H2,(H,13,14)(H,15,16)/t9-/m0/s1. The van der Waals surface area contributed by atoms with Gasteiger partial charge >= 0.3 is 5.97 Å². The lowest BCUT2D eigenvalue weighted by Gasteiger charge is -2.15. The molecule has 2 N–H and O–H groups in total. The van der Waals surface area contributed by atoms with E-state index in [2.05, 4.69) is 21.2 Å². The number of carboxylic acids is 1.